The fraction of sp³-hybridized carbons (Fsp3) is 0.381. The molecule has 0 N–H and O–H groups in total. The monoisotopic (exact) mass is 415 g/mol. The van der Waals surface area contributed by atoms with Crippen molar-refractivity contribution in [3.8, 4) is 0 Å². The van der Waals surface area contributed by atoms with Gasteiger partial charge in [0.05, 0.1) is 21.8 Å². The van der Waals surface area contributed by atoms with Crippen LogP contribution in [0.4, 0.5) is 0 Å². The lowest BCUT2D eigenvalue weighted by Crippen LogP contribution is -2.17. The molecule has 1 fully saturated rings. The van der Waals surface area contributed by atoms with E-state index in [-0.39, 0.29) is 0 Å². The number of thiazole rings is 1. The van der Waals surface area contributed by atoms with Gasteiger partial charge in [-0.25, -0.2) is 4.98 Å². The molecule has 0 unspecified atom stereocenters. The van der Waals surface area contributed by atoms with Crippen LogP contribution < -0.4 is 0 Å². The second-order valence-corrected chi connectivity index (χ2v) is 8.86. The second kappa shape index (κ2) is 7.98. The van der Waals surface area contributed by atoms with Gasteiger partial charge in [0, 0.05) is 17.0 Å². The highest BCUT2D eigenvalue weighted by Gasteiger charge is 2.24. The number of hydrogen-bond acceptors (Lipinski definition) is 3. The Morgan fingerprint density at radius 3 is 2.64 bits per heavy atom. The van der Waals surface area contributed by atoms with Crippen molar-refractivity contribution in [3.05, 3.63) is 63.6 Å². The van der Waals surface area contributed by atoms with Gasteiger partial charge in [0.1, 0.15) is 0 Å². The van der Waals surface area contributed by atoms with E-state index in [1.807, 2.05) is 17.4 Å². The van der Waals surface area contributed by atoms with Crippen molar-refractivity contribution in [3.63, 3.8) is 0 Å². The molecule has 0 amide bonds. The predicted octanol–water partition coefficient (Wildman–Crippen LogP) is 6.55. The number of halogens is 1. The molecule has 1 heterocycles. The largest absolute Gasteiger partial charge is 0.376 e. The summed E-state index contributed by atoms with van der Waals surface area (Å²) in [6.07, 6.45) is 4.97. The molecule has 4 heteroatoms. The molecule has 25 heavy (non-hydrogen) atoms. The Kier molecular flexibility index (Phi) is 5.49. The van der Waals surface area contributed by atoms with Crippen LogP contribution in [0.5, 0.6) is 0 Å². The number of nitrogens with zero attached hydrogens (tertiary/aromatic N) is 1. The zero-order valence-electron chi connectivity index (χ0n) is 14.2. The summed E-state index contributed by atoms with van der Waals surface area (Å²) in [5, 5.41) is 1.32. The fourth-order valence-electron chi connectivity index (χ4n) is 3.58. The van der Waals surface area contributed by atoms with Crippen molar-refractivity contribution in [2.45, 2.75) is 38.2 Å². The Labute approximate surface area is 161 Å². The minimum Gasteiger partial charge on any atom is -0.376 e. The average molecular weight is 416 g/mol. The lowest BCUT2D eigenvalue weighted by atomic mass is 9.83. The maximum atomic E-state index is 5.94. The first-order chi connectivity index (χ1) is 12.3. The molecule has 1 aliphatic carbocycles. The van der Waals surface area contributed by atoms with Gasteiger partial charge >= 0.3 is 0 Å². The van der Waals surface area contributed by atoms with Crippen molar-refractivity contribution in [1.29, 1.82) is 0 Å². The fourth-order valence-corrected chi connectivity index (χ4v) is 5.27. The molecule has 2 aromatic carbocycles. The Morgan fingerprint density at radius 2 is 1.84 bits per heavy atom. The molecule has 0 atom stereocenters. The van der Waals surface area contributed by atoms with E-state index in [1.165, 1.54) is 41.0 Å². The molecule has 0 saturated heterocycles. The highest BCUT2D eigenvalue weighted by atomic mass is 79.9. The maximum Gasteiger partial charge on any atom is 0.0969 e. The van der Waals surface area contributed by atoms with E-state index in [2.05, 4.69) is 58.4 Å². The molecule has 0 spiro atoms. The van der Waals surface area contributed by atoms with E-state index < -0.39 is 0 Å². The summed E-state index contributed by atoms with van der Waals surface area (Å²) in [5.74, 6) is 1.32. The minimum atomic E-state index is 0.626. The summed E-state index contributed by atoms with van der Waals surface area (Å²) < 4.78 is 8.37. The van der Waals surface area contributed by atoms with Crippen LogP contribution in [0, 0.1) is 5.92 Å². The summed E-state index contributed by atoms with van der Waals surface area (Å²) >= 11 is 5.41. The first-order valence-corrected chi connectivity index (χ1v) is 10.6. The molecule has 1 saturated carbocycles. The maximum absolute atomic E-state index is 5.94. The van der Waals surface area contributed by atoms with Gasteiger partial charge < -0.3 is 4.74 Å². The van der Waals surface area contributed by atoms with Crippen LogP contribution in [0.3, 0.4) is 0 Å². The van der Waals surface area contributed by atoms with Crippen LogP contribution in [0.1, 0.15) is 42.2 Å². The smallest absolute Gasteiger partial charge is 0.0969 e. The number of rotatable bonds is 5. The molecule has 0 aliphatic heterocycles. The van der Waals surface area contributed by atoms with Crippen LogP contribution in [-0.4, -0.2) is 11.6 Å². The van der Waals surface area contributed by atoms with Crippen molar-refractivity contribution in [2.75, 3.05) is 6.61 Å². The number of fused-ring (bicyclic) bond motifs is 1. The van der Waals surface area contributed by atoms with E-state index in [9.17, 15) is 0 Å². The summed E-state index contributed by atoms with van der Waals surface area (Å²) in [7, 11) is 0. The number of hydrogen-bond donors (Lipinski definition) is 0. The Balaban J connectivity index is 1.28. The Hall–Kier alpha value is -1.23. The van der Waals surface area contributed by atoms with Gasteiger partial charge in [-0.15, -0.1) is 11.3 Å². The van der Waals surface area contributed by atoms with Crippen LogP contribution >= 0.6 is 27.3 Å². The zero-order valence-corrected chi connectivity index (χ0v) is 16.6. The van der Waals surface area contributed by atoms with Crippen molar-refractivity contribution >= 4 is 37.5 Å². The van der Waals surface area contributed by atoms with Gasteiger partial charge in [0.15, 0.2) is 0 Å². The highest BCUT2D eigenvalue weighted by molar-refractivity contribution is 9.10. The van der Waals surface area contributed by atoms with E-state index in [1.54, 1.807) is 0 Å². The molecule has 130 valence electrons. The summed E-state index contributed by atoms with van der Waals surface area (Å²) in [4.78, 5) is 4.87. The van der Waals surface area contributed by atoms with Gasteiger partial charge in [0.25, 0.3) is 0 Å². The first-order valence-electron chi connectivity index (χ1n) is 8.95. The number of aromatic nitrogens is 1. The molecule has 3 aromatic rings. The first kappa shape index (κ1) is 17.2. The normalized spacial score (nSPS) is 20.8. The minimum absolute atomic E-state index is 0.626. The predicted molar refractivity (Wildman–Crippen MR) is 108 cm³/mol. The molecule has 1 aromatic heterocycles. The number of benzene rings is 2. The zero-order chi connectivity index (χ0) is 17.1. The lowest BCUT2D eigenvalue weighted by molar-refractivity contribution is 0.0716. The second-order valence-electron chi connectivity index (χ2n) is 6.88. The summed E-state index contributed by atoms with van der Waals surface area (Å²) in [6, 6.07) is 16.8. The van der Waals surface area contributed by atoms with Crippen LogP contribution in [0.25, 0.3) is 10.2 Å². The van der Waals surface area contributed by atoms with Crippen molar-refractivity contribution in [1.82, 2.24) is 4.98 Å². The third-order valence-electron chi connectivity index (χ3n) is 5.03. The van der Waals surface area contributed by atoms with E-state index in [0.717, 1.165) is 23.2 Å². The summed E-state index contributed by atoms with van der Waals surface area (Å²) in [5.41, 5.74) is 2.40. The topological polar surface area (TPSA) is 22.1 Å². The van der Waals surface area contributed by atoms with Crippen molar-refractivity contribution in [2.24, 2.45) is 5.92 Å². The van der Waals surface area contributed by atoms with Gasteiger partial charge in [-0.3, -0.25) is 0 Å². The SMILES string of the molecule is Brc1ccc2nc(C3CCC(COCc4ccccc4)CC3)sc2c1. The molecule has 0 bridgehead atoms. The third-order valence-corrected chi connectivity index (χ3v) is 6.70. The summed E-state index contributed by atoms with van der Waals surface area (Å²) in [6.45, 7) is 1.61. The van der Waals surface area contributed by atoms with Crippen LogP contribution in [-0.2, 0) is 11.3 Å². The van der Waals surface area contributed by atoms with E-state index in [0.29, 0.717) is 11.8 Å². The van der Waals surface area contributed by atoms with Gasteiger partial charge in [-0.1, -0.05) is 46.3 Å². The van der Waals surface area contributed by atoms with Crippen LogP contribution in [0.15, 0.2) is 53.0 Å². The number of ether oxygens (including phenoxy) is 1. The lowest BCUT2D eigenvalue weighted by Gasteiger charge is -2.27. The average Bonchev–Trinajstić information content (AvgIpc) is 3.06. The quantitative estimate of drug-likeness (QED) is 0.471. The molecular weight excluding hydrogens is 394 g/mol. The van der Waals surface area contributed by atoms with E-state index in [4.69, 9.17) is 9.72 Å². The van der Waals surface area contributed by atoms with Gasteiger partial charge in [-0.05, 0) is 55.4 Å². The Morgan fingerprint density at radius 1 is 1.04 bits per heavy atom. The Bertz CT molecular complexity index is 824. The van der Waals surface area contributed by atoms with E-state index >= 15 is 0 Å². The third kappa shape index (κ3) is 4.30. The van der Waals surface area contributed by atoms with Crippen LogP contribution in [0.2, 0.25) is 0 Å². The highest BCUT2D eigenvalue weighted by Crippen LogP contribution is 2.39. The standard InChI is InChI=1S/C21H22BrNOS/c22-18-10-11-19-20(12-18)25-21(23-19)17-8-6-16(7-9-17)14-24-13-15-4-2-1-3-5-15/h1-5,10-12,16-17H,6-9,13-14H2. The molecule has 1 aliphatic rings. The van der Waals surface area contributed by atoms with Crippen molar-refractivity contribution < 1.29 is 4.74 Å². The molecule has 2 nitrogen and oxygen atoms in total. The molecular formula is C21H22BrNOS. The molecule has 4 rings (SSSR count). The molecule has 0 radical (unpaired) electrons. The van der Waals surface area contributed by atoms with Gasteiger partial charge in [-0.2, -0.15) is 0 Å². The van der Waals surface area contributed by atoms with Gasteiger partial charge in [0.2, 0.25) is 0 Å².